The van der Waals surface area contributed by atoms with Gasteiger partial charge in [0.2, 0.25) is 0 Å². The lowest BCUT2D eigenvalue weighted by Crippen LogP contribution is -2.15. The molecule has 0 atom stereocenters. The van der Waals surface area contributed by atoms with Gasteiger partial charge < -0.3 is 14.8 Å². The van der Waals surface area contributed by atoms with Crippen LogP contribution >= 0.6 is 0 Å². The number of anilines is 1. The maximum absolute atomic E-state index is 13.1. The van der Waals surface area contributed by atoms with Crippen LogP contribution in [0, 0.1) is 20.8 Å². The zero-order valence-corrected chi connectivity index (χ0v) is 19.6. The molecule has 0 spiro atoms. The molecule has 1 N–H and O–H groups in total. The molecule has 0 unspecified atom stereocenters. The highest BCUT2D eigenvalue weighted by Gasteiger charge is 2.14. The molecule has 0 aromatic heterocycles. The van der Waals surface area contributed by atoms with Crippen molar-refractivity contribution in [3.05, 3.63) is 101 Å². The van der Waals surface area contributed by atoms with Crippen molar-refractivity contribution in [3.63, 3.8) is 0 Å². The summed E-state index contributed by atoms with van der Waals surface area (Å²) in [5.41, 5.74) is 5.52. The zero-order valence-electron chi connectivity index (χ0n) is 19.6. The van der Waals surface area contributed by atoms with E-state index in [1.54, 1.807) is 6.07 Å². The van der Waals surface area contributed by atoms with Crippen molar-refractivity contribution >= 4 is 22.4 Å². The standard InChI is InChI=1S/C29H29NO3/c1-5-32-27-13-11-24(29(31)30-28-20(3)14-19(2)15-21(28)4)16-25(27)18-33-26-12-10-22-8-6-7-9-23(22)17-26/h6-17H,5,18H2,1-4H3,(H,30,31). The summed E-state index contributed by atoms with van der Waals surface area (Å²) in [7, 11) is 0. The Morgan fingerprint density at radius 1 is 0.818 bits per heavy atom. The molecule has 0 radical (unpaired) electrons. The maximum atomic E-state index is 13.1. The van der Waals surface area contributed by atoms with Gasteiger partial charge in [0.15, 0.2) is 0 Å². The Labute approximate surface area is 195 Å². The normalized spacial score (nSPS) is 10.8. The number of aryl methyl sites for hydroxylation is 3. The van der Waals surface area contributed by atoms with E-state index in [4.69, 9.17) is 9.47 Å². The predicted molar refractivity (Wildman–Crippen MR) is 134 cm³/mol. The molecule has 0 saturated heterocycles. The van der Waals surface area contributed by atoms with Crippen LogP contribution in [-0.2, 0) is 6.61 Å². The van der Waals surface area contributed by atoms with E-state index in [9.17, 15) is 4.79 Å². The number of hydrogen-bond donors (Lipinski definition) is 1. The summed E-state index contributed by atoms with van der Waals surface area (Å²) in [5.74, 6) is 1.34. The van der Waals surface area contributed by atoms with E-state index >= 15 is 0 Å². The van der Waals surface area contributed by atoms with E-state index < -0.39 is 0 Å². The third kappa shape index (κ3) is 5.17. The first-order valence-corrected chi connectivity index (χ1v) is 11.2. The first-order chi connectivity index (χ1) is 15.9. The Hall–Kier alpha value is -3.79. The summed E-state index contributed by atoms with van der Waals surface area (Å²) in [6.07, 6.45) is 0. The number of ether oxygens (including phenoxy) is 2. The molecule has 4 aromatic carbocycles. The first-order valence-electron chi connectivity index (χ1n) is 11.2. The van der Waals surface area contributed by atoms with Crippen molar-refractivity contribution < 1.29 is 14.3 Å². The van der Waals surface area contributed by atoms with E-state index in [1.807, 2.05) is 63.2 Å². The number of carbonyl (C=O) groups excluding carboxylic acids is 1. The summed E-state index contributed by atoms with van der Waals surface area (Å²) in [6.45, 7) is 8.86. The molecule has 33 heavy (non-hydrogen) atoms. The van der Waals surface area contributed by atoms with Gasteiger partial charge in [-0.3, -0.25) is 4.79 Å². The molecule has 1 amide bonds. The Bertz CT molecular complexity index is 1290. The predicted octanol–water partition coefficient (Wildman–Crippen LogP) is 7.00. The fourth-order valence-corrected chi connectivity index (χ4v) is 4.11. The van der Waals surface area contributed by atoms with E-state index in [0.29, 0.717) is 18.8 Å². The summed E-state index contributed by atoms with van der Waals surface area (Å²) in [6, 6.07) is 23.8. The van der Waals surface area contributed by atoms with Crippen LogP contribution in [0.3, 0.4) is 0 Å². The summed E-state index contributed by atoms with van der Waals surface area (Å²) in [4.78, 5) is 13.1. The van der Waals surface area contributed by atoms with Crippen LogP contribution in [0.25, 0.3) is 10.8 Å². The van der Waals surface area contributed by atoms with Gasteiger partial charge in [-0.2, -0.15) is 0 Å². The van der Waals surface area contributed by atoms with E-state index in [-0.39, 0.29) is 5.91 Å². The van der Waals surface area contributed by atoms with Crippen LogP contribution in [-0.4, -0.2) is 12.5 Å². The van der Waals surface area contributed by atoms with Crippen molar-refractivity contribution in [2.24, 2.45) is 0 Å². The second-order valence-electron chi connectivity index (χ2n) is 8.28. The van der Waals surface area contributed by atoms with Gasteiger partial charge in [-0.25, -0.2) is 0 Å². The van der Waals surface area contributed by atoms with Crippen LogP contribution in [0.5, 0.6) is 11.5 Å². The van der Waals surface area contributed by atoms with Crippen molar-refractivity contribution in [3.8, 4) is 11.5 Å². The first kappa shape index (κ1) is 22.4. The number of amides is 1. The van der Waals surface area contributed by atoms with Gasteiger partial charge >= 0.3 is 0 Å². The molecule has 0 aliphatic carbocycles. The highest BCUT2D eigenvalue weighted by Crippen LogP contribution is 2.27. The third-order valence-corrected chi connectivity index (χ3v) is 5.65. The summed E-state index contributed by atoms with van der Waals surface area (Å²) in [5, 5.41) is 5.36. The van der Waals surface area contributed by atoms with Crippen LogP contribution in [0.15, 0.2) is 72.8 Å². The van der Waals surface area contributed by atoms with Crippen LogP contribution in [0.2, 0.25) is 0 Å². The molecule has 0 fully saturated rings. The quantitative estimate of drug-likeness (QED) is 0.337. The SMILES string of the molecule is CCOc1ccc(C(=O)Nc2c(C)cc(C)cc2C)cc1COc1ccc2ccccc2c1. The van der Waals surface area contributed by atoms with Crippen LogP contribution in [0.1, 0.15) is 39.5 Å². The molecule has 4 nitrogen and oxygen atoms in total. The van der Waals surface area contributed by atoms with Crippen LogP contribution in [0.4, 0.5) is 5.69 Å². The van der Waals surface area contributed by atoms with Crippen molar-refractivity contribution in [2.75, 3.05) is 11.9 Å². The number of carbonyl (C=O) groups is 1. The number of hydrogen-bond acceptors (Lipinski definition) is 3. The number of nitrogens with one attached hydrogen (secondary N) is 1. The van der Waals surface area contributed by atoms with Crippen molar-refractivity contribution in [2.45, 2.75) is 34.3 Å². The average Bonchev–Trinajstić information content (AvgIpc) is 2.80. The summed E-state index contributed by atoms with van der Waals surface area (Å²) < 4.78 is 11.9. The molecule has 4 aromatic rings. The lowest BCUT2D eigenvalue weighted by molar-refractivity contribution is 0.102. The van der Waals surface area contributed by atoms with Crippen LogP contribution < -0.4 is 14.8 Å². The van der Waals surface area contributed by atoms with Gasteiger partial charge in [0.05, 0.1) is 6.61 Å². The molecule has 4 heteroatoms. The topological polar surface area (TPSA) is 47.6 Å². The second-order valence-corrected chi connectivity index (χ2v) is 8.28. The van der Waals surface area contributed by atoms with Gasteiger partial charge in [0, 0.05) is 16.8 Å². The fourth-order valence-electron chi connectivity index (χ4n) is 4.11. The molecule has 0 heterocycles. The monoisotopic (exact) mass is 439 g/mol. The van der Waals surface area contributed by atoms with E-state index in [1.165, 1.54) is 10.9 Å². The van der Waals surface area contributed by atoms with Crippen molar-refractivity contribution in [1.82, 2.24) is 0 Å². The van der Waals surface area contributed by atoms with Gasteiger partial charge in [-0.15, -0.1) is 0 Å². The highest BCUT2D eigenvalue weighted by molar-refractivity contribution is 6.05. The average molecular weight is 440 g/mol. The number of rotatable bonds is 7. The zero-order chi connectivity index (χ0) is 23.4. The minimum absolute atomic E-state index is 0.153. The molecular formula is C29H29NO3. The smallest absolute Gasteiger partial charge is 0.255 e. The number of benzene rings is 4. The fraction of sp³-hybridized carbons (Fsp3) is 0.207. The largest absolute Gasteiger partial charge is 0.493 e. The lowest BCUT2D eigenvalue weighted by atomic mass is 10.0. The molecule has 0 saturated carbocycles. The third-order valence-electron chi connectivity index (χ3n) is 5.65. The Balaban J connectivity index is 1.56. The highest BCUT2D eigenvalue weighted by atomic mass is 16.5. The molecular weight excluding hydrogens is 410 g/mol. The Morgan fingerprint density at radius 3 is 2.27 bits per heavy atom. The Kier molecular flexibility index (Phi) is 6.64. The van der Waals surface area contributed by atoms with Gasteiger partial charge in [-0.05, 0) is 79.9 Å². The molecule has 0 aliphatic rings. The van der Waals surface area contributed by atoms with Crippen molar-refractivity contribution in [1.29, 1.82) is 0 Å². The lowest BCUT2D eigenvalue weighted by Gasteiger charge is -2.15. The van der Waals surface area contributed by atoms with E-state index in [0.717, 1.165) is 39.3 Å². The molecule has 0 bridgehead atoms. The van der Waals surface area contributed by atoms with Gasteiger partial charge in [0.1, 0.15) is 18.1 Å². The molecule has 4 rings (SSSR count). The second kappa shape index (κ2) is 9.78. The van der Waals surface area contributed by atoms with Gasteiger partial charge in [-0.1, -0.05) is 48.0 Å². The van der Waals surface area contributed by atoms with Gasteiger partial charge in [0.25, 0.3) is 5.91 Å². The van der Waals surface area contributed by atoms with E-state index in [2.05, 4.69) is 36.5 Å². The Morgan fingerprint density at radius 2 is 1.55 bits per heavy atom. The molecule has 168 valence electrons. The number of fused-ring (bicyclic) bond motifs is 1. The molecule has 0 aliphatic heterocycles. The minimum atomic E-state index is -0.153. The maximum Gasteiger partial charge on any atom is 0.255 e. The minimum Gasteiger partial charge on any atom is -0.493 e. The summed E-state index contributed by atoms with van der Waals surface area (Å²) >= 11 is 0.